The summed E-state index contributed by atoms with van der Waals surface area (Å²) in [5.74, 6) is 1.03. The molecule has 0 aliphatic heterocycles. The fourth-order valence-electron chi connectivity index (χ4n) is 1.10. The van der Waals surface area contributed by atoms with Crippen molar-refractivity contribution < 1.29 is 4.79 Å². The van der Waals surface area contributed by atoms with Crippen LogP contribution in [0.4, 0.5) is 0 Å². The average Bonchev–Trinajstić information content (AvgIpc) is 2.27. The van der Waals surface area contributed by atoms with Crippen molar-refractivity contribution in [3.8, 4) is 0 Å². The molecular formula is C11H22N4O. The Morgan fingerprint density at radius 3 is 2.69 bits per heavy atom. The van der Waals surface area contributed by atoms with E-state index in [1.807, 2.05) is 6.92 Å². The third-order valence-corrected chi connectivity index (χ3v) is 2.20. The van der Waals surface area contributed by atoms with E-state index in [9.17, 15) is 4.79 Å². The zero-order valence-corrected chi connectivity index (χ0v) is 10.7. The SMILES string of the molecule is CC/C(=N\C=N/C)NCCCN(C)C(C)=O. The van der Waals surface area contributed by atoms with E-state index in [-0.39, 0.29) is 5.91 Å². The number of hydrogen-bond donors (Lipinski definition) is 1. The number of hydrogen-bond acceptors (Lipinski definition) is 2. The van der Waals surface area contributed by atoms with Gasteiger partial charge in [-0.2, -0.15) is 0 Å². The molecule has 0 aliphatic rings. The Morgan fingerprint density at radius 2 is 2.19 bits per heavy atom. The van der Waals surface area contributed by atoms with Crippen LogP contribution in [0.1, 0.15) is 26.7 Å². The second-order valence-electron chi connectivity index (χ2n) is 3.52. The van der Waals surface area contributed by atoms with Crippen LogP contribution >= 0.6 is 0 Å². The van der Waals surface area contributed by atoms with Crippen LogP contribution < -0.4 is 5.32 Å². The normalized spacial score (nSPS) is 11.9. The molecule has 0 aliphatic carbocycles. The predicted octanol–water partition coefficient (Wildman–Crippen LogP) is 0.911. The van der Waals surface area contributed by atoms with Crippen LogP contribution in [0.2, 0.25) is 0 Å². The van der Waals surface area contributed by atoms with Gasteiger partial charge in [0.05, 0.1) is 0 Å². The molecule has 0 rings (SSSR count). The summed E-state index contributed by atoms with van der Waals surface area (Å²) in [4.78, 5) is 20.6. The lowest BCUT2D eigenvalue weighted by Crippen LogP contribution is -2.30. The Balaban J connectivity index is 3.75. The molecule has 0 aromatic rings. The third kappa shape index (κ3) is 6.98. The summed E-state index contributed by atoms with van der Waals surface area (Å²) in [6.45, 7) is 5.20. The minimum atomic E-state index is 0.0995. The predicted molar refractivity (Wildman–Crippen MR) is 68.1 cm³/mol. The molecule has 0 saturated carbocycles. The van der Waals surface area contributed by atoms with E-state index >= 15 is 0 Å². The fourth-order valence-corrected chi connectivity index (χ4v) is 1.10. The van der Waals surface area contributed by atoms with Crippen LogP contribution in [0.15, 0.2) is 9.98 Å². The minimum absolute atomic E-state index is 0.0995. The minimum Gasteiger partial charge on any atom is -0.373 e. The van der Waals surface area contributed by atoms with Gasteiger partial charge in [0.15, 0.2) is 0 Å². The van der Waals surface area contributed by atoms with Crippen LogP contribution in [0, 0.1) is 0 Å². The first-order chi connectivity index (χ1) is 7.61. The zero-order valence-electron chi connectivity index (χ0n) is 10.7. The van der Waals surface area contributed by atoms with Crippen LogP contribution in [0.5, 0.6) is 0 Å². The third-order valence-electron chi connectivity index (χ3n) is 2.20. The van der Waals surface area contributed by atoms with Crippen molar-refractivity contribution in [2.45, 2.75) is 26.7 Å². The first-order valence-corrected chi connectivity index (χ1v) is 5.54. The van der Waals surface area contributed by atoms with Gasteiger partial charge in [-0.25, -0.2) is 4.99 Å². The molecule has 1 N–H and O–H groups in total. The summed E-state index contributed by atoms with van der Waals surface area (Å²) < 4.78 is 0. The van der Waals surface area contributed by atoms with Gasteiger partial charge in [-0.15, -0.1) is 0 Å². The zero-order chi connectivity index (χ0) is 12.4. The van der Waals surface area contributed by atoms with Gasteiger partial charge in [0.1, 0.15) is 12.2 Å². The van der Waals surface area contributed by atoms with Crippen molar-refractivity contribution in [3.05, 3.63) is 0 Å². The lowest BCUT2D eigenvalue weighted by atomic mass is 10.3. The van der Waals surface area contributed by atoms with E-state index in [1.54, 1.807) is 25.9 Å². The van der Waals surface area contributed by atoms with Crippen molar-refractivity contribution in [2.24, 2.45) is 9.98 Å². The number of amides is 1. The maximum absolute atomic E-state index is 10.9. The lowest BCUT2D eigenvalue weighted by molar-refractivity contribution is -0.127. The molecule has 0 spiro atoms. The second kappa shape index (κ2) is 8.88. The Labute approximate surface area is 97.7 Å². The molecule has 0 unspecified atom stereocenters. The molecular weight excluding hydrogens is 204 g/mol. The van der Waals surface area contributed by atoms with Gasteiger partial charge in [-0.1, -0.05) is 6.92 Å². The summed E-state index contributed by atoms with van der Waals surface area (Å²) in [5.41, 5.74) is 0. The van der Waals surface area contributed by atoms with Crippen molar-refractivity contribution in [1.29, 1.82) is 0 Å². The highest BCUT2D eigenvalue weighted by Crippen LogP contribution is 1.88. The molecule has 0 fully saturated rings. The topological polar surface area (TPSA) is 57.1 Å². The molecule has 1 amide bonds. The van der Waals surface area contributed by atoms with Gasteiger partial charge in [0.2, 0.25) is 5.91 Å². The molecule has 0 saturated heterocycles. The van der Waals surface area contributed by atoms with Gasteiger partial charge in [0.25, 0.3) is 0 Å². The largest absolute Gasteiger partial charge is 0.373 e. The highest BCUT2D eigenvalue weighted by Gasteiger charge is 2.00. The molecule has 0 radical (unpaired) electrons. The van der Waals surface area contributed by atoms with Crippen LogP contribution in [-0.4, -0.2) is 50.2 Å². The van der Waals surface area contributed by atoms with E-state index in [0.717, 1.165) is 31.8 Å². The van der Waals surface area contributed by atoms with Crippen LogP contribution in [0.3, 0.4) is 0 Å². The van der Waals surface area contributed by atoms with Gasteiger partial charge < -0.3 is 10.2 Å². The number of carbonyl (C=O) groups excluding carboxylic acids is 1. The van der Waals surface area contributed by atoms with Gasteiger partial charge in [-0.05, 0) is 6.42 Å². The molecule has 16 heavy (non-hydrogen) atoms. The van der Waals surface area contributed by atoms with Gasteiger partial charge in [-0.3, -0.25) is 9.79 Å². The Morgan fingerprint density at radius 1 is 1.50 bits per heavy atom. The molecule has 0 atom stereocenters. The first-order valence-electron chi connectivity index (χ1n) is 5.54. The van der Waals surface area contributed by atoms with Crippen molar-refractivity contribution >= 4 is 18.1 Å². The first kappa shape index (κ1) is 14.6. The van der Waals surface area contributed by atoms with Gasteiger partial charge in [0, 0.05) is 40.5 Å². The number of rotatable bonds is 6. The lowest BCUT2D eigenvalue weighted by Gasteiger charge is -2.15. The second-order valence-corrected chi connectivity index (χ2v) is 3.52. The highest BCUT2D eigenvalue weighted by molar-refractivity contribution is 5.88. The molecule has 92 valence electrons. The molecule has 0 aromatic heterocycles. The average molecular weight is 226 g/mol. The molecule has 0 bridgehead atoms. The number of amidine groups is 1. The number of nitrogens with zero attached hydrogens (tertiary/aromatic N) is 3. The Bertz CT molecular complexity index is 261. The van der Waals surface area contributed by atoms with Crippen LogP contribution in [0.25, 0.3) is 0 Å². The maximum atomic E-state index is 10.9. The molecule has 0 aromatic carbocycles. The number of aliphatic imine (C=N–C) groups is 2. The van der Waals surface area contributed by atoms with E-state index in [1.165, 1.54) is 6.34 Å². The number of nitrogens with one attached hydrogen (secondary N) is 1. The smallest absolute Gasteiger partial charge is 0.219 e. The summed E-state index contributed by atoms with van der Waals surface area (Å²) >= 11 is 0. The number of carbonyl (C=O) groups is 1. The molecule has 5 heteroatoms. The van der Waals surface area contributed by atoms with E-state index in [2.05, 4.69) is 15.3 Å². The van der Waals surface area contributed by atoms with Crippen molar-refractivity contribution in [1.82, 2.24) is 10.2 Å². The fraction of sp³-hybridized carbons (Fsp3) is 0.727. The van der Waals surface area contributed by atoms with Gasteiger partial charge >= 0.3 is 0 Å². The Hall–Kier alpha value is -1.39. The van der Waals surface area contributed by atoms with Crippen molar-refractivity contribution in [3.63, 3.8) is 0 Å². The highest BCUT2D eigenvalue weighted by atomic mass is 16.2. The summed E-state index contributed by atoms with van der Waals surface area (Å²) in [6, 6.07) is 0. The summed E-state index contributed by atoms with van der Waals surface area (Å²) in [5, 5.41) is 3.22. The maximum Gasteiger partial charge on any atom is 0.219 e. The van der Waals surface area contributed by atoms with Crippen LogP contribution in [-0.2, 0) is 4.79 Å². The molecule has 0 heterocycles. The van der Waals surface area contributed by atoms with Crippen molar-refractivity contribution in [2.75, 3.05) is 27.2 Å². The van der Waals surface area contributed by atoms with E-state index in [4.69, 9.17) is 0 Å². The molecule has 5 nitrogen and oxygen atoms in total. The summed E-state index contributed by atoms with van der Waals surface area (Å²) in [7, 11) is 3.50. The Kier molecular flexibility index (Phi) is 8.11. The van der Waals surface area contributed by atoms with E-state index < -0.39 is 0 Å². The summed E-state index contributed by atoms with van der Waals surface area (Å²) in [6.07, 6.45) is 3.31. The standard InChI is InChI=1S/C11H22N4O/c1-5-11(14-9-12-3)13-7-6-8-15(4)10(2)16/h9H,5-8H2,1-4H3,(H,12,13,14). The quantitative estimate of drug-likeness (QED) is 0.416. The van der Waals surface area contributed by atoms with E-state index in [0.29, 0.717) is 0 Å². The monoisotopic (exact) mass is 226 g/mol.